The van der Waals surface area contributed by atoms with Gasteiger partial charge in [0, 0.05) is 13.1 Å². The highest BCUT2D eigenvalue weighted by atomic mass is 32.1. The predicted molar refractivity (Wildman–Crippen MR) is 54.0 cm³/mol. The van der Waals surface area contributed by atoms with Crippen molar-refractivity contribution < 1.29 is 4.79 Å². The van der Waals surface area contributed by atoms with E-state index < -0.39 is 0 Å². The van der Waals surface area contributed by atoms with E-state index in [1.807, 2.05) is 0 Å². The number of hydrogen-bond acceptors (Lipinski definition) is 2. The van der Waals surface area contributed by atoms with Crippen molar-refractivity contribution >= 4 is 23.4 Å². The Labute approximate surface area is 82.6 Å². The van der Waals surface area contributed by atoms with Gasteiger partial charge in [0.15, 0.2) is 5.11 Å². The molecule has 1 aliphatic carbocycles. The first-order valence-corrected chi connectivity index (χ1v) is 4.58. The Morgan fingerprint density at radius 3 is 2.54 bits per heavy atom. The SMILES string of the molecule is CNC(=S)NNC(=O)N[C@@H]1C[C@H]1C. The lowest BCUT2D eigenvalue weighted by atomic mass is 10.5. The number of nitrogens with one attached hydrogen (secondary N) is 4. The monoisotopic (exact) mass is 202 g/mol. The van der Waals surface area contributed by atoms with Crippen molar-refractivity contribution in [2.24, 2.45) is 5.92 Å². The maximum atomic E-state index is 11.1. The van der Waals surface area contributed by atoms with Crippen molar-refractivity contribution in [3.63, 3.8) is 0 Å². The number of hydrogen-bond donors (Lipinski definition) is 4. The maximum Gasteiger partial charge on any atom is 0.333 e. The Morgan fingerprint density at radius 1 is 1.46 bits per heavy atom. The van der Waals surface area contributed by atoms with Crippen LogP contribution in [0.3, 0.4) is 0 Å². The highest BCUT2D eigenvalue weighted by Crippen LogP contribution is 2.28. The molecule has 74 valence electrons. The fourth-order valence-electron chi connectivity index (χ4n) is 0.904. The van der Waals surface area contributed by atoms with Crippen LogP contribution < -0.4 is 21.5 Å². The van der Waals surface area contributed by atoms with Crippen molar-refractivity contribution in [2.75, 3.05) is 7.05 Å². The largest absolute Gasteiger partial charge is 0.364 e. The van der Waals surface area contributed by atoms with Gasteiger partial charge in [0.25, 0.3) is 0 Å². The summed E-state index contributed by atoms with van der Waals surface area (Å²) < 4.78 is 0. The van der Waals surface area contributed by atoms with Crippen LogP contribution >= 0.6 is 12.2 Å². The summed E-state index contributed by atoms with van der Waals surface area (Å²) in [7, 11) is 1.68. The molecule has 4 N–H and O–H groups in total. The van der Waals surface area contributed by atoms with Crippen LogP contribution in [0.1, 0.15) is 13.3 Å². The van der Waals surface area contributed by atoms with Gasteiger partial charge in [-0.15, -0.1) is 0 Å². The van der Waals surface area contributed by atoms with Crippen molar-refractivity contribution in [3.8, 4) is 0 Å². The fourth-order valence-corrected chi connectivity index (χ4v) is 0.955. The van der Waals surface area contributed by atoms with Crippen LogP contribution in [0.25, 0.3) is 0 Å². The molecule has 0 radical (unpaired) electrons. The third kappa shape index (κ3) is 3.45. The number of thiocarbonyl (C=S) groups is 1. The summed E-state index contributed by atoms with van der Waals surface area (Å²) in [6, 6.07) is 0.0805. The summed E-state index contributed by atoms with van der Waals surface area (Å²) in [4.78, 5) is 11.1. The number of urea groups is 1. The first kappa shape index (κ1) is 10.0. The van der Waals surface area contributed by atoms with Crippen LogP contribution in [0.2, 0.25) is 0 Å². The first-order chi connectivity index (χ1) is 6.13. The molecule has 0 heterocycles. The molecule has 0 saturated heterocycles. The van der Waals surface area contributed by atoms with Crippen LogP contribution in [0, 0.1) is 5.92 Å². The van der Waals surface area contributed by atoms with E-state index in [0.29, 0.717) is 17.1 Å². The zero-order chi connectivity index (χ0) is 9.84. The molecule has 6 heteroatoms. The molecule has 0 aliphatic heterocycles. The highest BCUT2D eigenvalue weighted by molar-refractivity contribution is 7.80. The van der Waals surface area contributed by atoms with Crippen molar-refractivity contribution in [1.82, 2.24) is 21.5 Å². The number of carbonyl (C=O) groups is 1. The van der Waals surface area contributed by atoms with E-state index in [1.165, 1.54) is 0 Å². The molecule has 2 amide bonds. The molecular formula is C7H14N4OS. The van der Waals surface area contributed by atoms with Gasteiger partial charge in [-0.25, -0.2) is 10.2 Å². The molecule has 5 nitrogen and oxygen atoms in total. The molecular weight excluding hydrogens is 188 g/mol. The average Bonchev–Trinajstić information content (AvgIpc) is 2.77. The molecule has 1 saturated carbocycles. The van der Waals surface area contributed by atoms with Gasteiger partial charge >= 0.3 is 6.03 Å². The molecule has 2 atom stereocenters. The number of amides is 2. The summed E-state index contributed by atoms with van der Waals surface area (Å²) in [6.45, 7) is 2.09. The van der Waals surface area contributed by atoms with Crippen molar-refractivity contribution in [1.29, 1.82) is 0 Å². The zero-order valence-corrected chi connectivity index (χ0v) is 8.49. The number of carbonyl (C=O) groups excluding carboxylic acids is 1. The zero-order valence-electron chi connectivity index (χ0n) is 7.68. The Balaban J connectivity index is 2.07. The molecule has 0 aromatic carbocycles. The van der Waals surface area contributed by atoms with E-state index in [4.69, 9.17) is 12.2 Å². The van der Waals surface area contributed by atoms with E-state index in [0.717, 1.165) is 6.42 Å². The van der Waals surface area contributed by atoms with E-state index in [2.05, 4.69) is 28.4 Å². The quantitative estimate of drug-likeness (QED) is 0.348. The molecule has 0 aromatic heterocycles. The Bertz CT molecular complexity index is 221. The van der Waals surface area contributed by atoms with E-state index in [1.54, 1.807) is 7.05 Å². The van der Waals surface area contributed by atoms with E-state index >= 15 is 0 Å². The van der Waals surface area contributed by atoms with Crippen molar-refractivity contribution in [2.45, 2.75) is 19.4 Å². The molecule has 0 spiro atoms. The summed E-state index contributed by atoms with van der Waals surface area (Å²) in [5.74, 6) is 0.599. The summed E-state index contributed by atoms with van der Waals surface area (Å²) in [5.41, 5.74) is 4.96. The second-order valence-corrected chi connectivity index (χ2v) is 3.53. The lowest BCUT2D eigenvalue weighted by Crippen LogP contribution is -2.50. The molecule has 1 rings (SSSR count). The fraction of sp³-hybridized carbons (Fsp3) is 0.714. The predicted octanol–water partition coefficient (Wildman–Crippen LogP) is -0.297. The van der Waals surface area contributed by atoms with Crippen LogP contribution in [-0.4, -0.2) is 24.2 Å². The summed E-state index contributed by atoms with van der Waals surface area (Å²) >= 11 is 4.76. The summed E-state index contributed by atoms with van der Waals surface area (Å²) in [5, 5.41) is 5.85. The maximum absolute atomic E-state index is 11.1. The number of rotatable bonds is 1. The standard InChI is InChI=1S/C7H14N4OS/c1-4-3-5(4)9-6(12)10-11-7(13)8-2/h4-5H,3H2,1-2H3,(H2,8,11,13)(H2,9,10,12)/t4-,5-/m1/s1. The summed E-state index contributed by atoms with van der Waals surface area (Å²) in [6.07, 6.45) is 1.06. The van der Waals surface area contributed by atoms with Gasteiger partial charge in [-0.2, -0.15) is 0 Å². The minimum atomic E-state index is -0.244. The normalized spacial score (nSPS) is 24.5. The van der Waals surface area contributed by atoms with E-state index in [-0.39, 0.29) is 6.03 Å². The third-order valence-corrected chi connectivity index (χ3v) is 2.25. The van der Waals surface area contributed by atoms with E-state index in [9.17, 15) is 4.79 Å². The Kier molecular flexibility index (Phi) is 3.30. The minimum absolute atomic E-state index is 0.244. The molecule has 0 bridgehead atoms. The second-order valence-electron chi connectivity index (χ2n) is 3.12. The van der Waals surface area contributed by atoms with Crippen LogP contribution in [-0.2, 0) is 0 Å². The van der Waals surface area contributed by atoms with Gasteiger partial charge in [-0.05, 0) is 24.6 Å². The van der Waals surface area contributed by atoms with Crippen LogP contribution in [0.4, 0.5) is 4.79 Å². The molecule has 13 heavy (non-hydrogen) atoms. The molecule has 1 aliphatic rings. The van der Waals surface area contributed by atoms with Gasteiger partial charge in [-0.1, -0.05) is 6.92 Å². The van der Waals surface area contributed by atoms with Crippen LogP contribution in [0.5, 0.6) is 0 Å². The molecule has 1 fully saturated rings. The second kappa shape index (κ2) is 4.27. The van der Waals surface area contributed by atoms with Gasteiger partial charge in [-0.3, -0.25) is 5.43 Å². The molecule has 0 aromatic rings. The number of hydrazine groups is 1. The topological polar surface area (TPSA) is 65.2 Å². The lowest BCUT2D eigenvalue weighted by Gasteiger charge is -2.09. The van der Waals surface area contributed by atoms with Gasteiger partial charge in [0.1, 0.15) is 0 Å². The minimum Gasteiger partial charge on any atom is -0.364 e. The van der Waals surface area contributed by atoms with Gasteiger partial charge in [0.05, 0.1) is 0 Å². The third-order valence-electron chi connectivity index (χ3n) is 1.94. The highest BCUT2D eigenvalue weighted by Gasteiger charge is 2.33. The smallest absolute Gasteiger partial charge is 0.333 e. The van der Waals surface area contributed by atoms with Gasteiger partial charge < -0.3 is 10.6 Å². The van der Waals surface area contributed by atoms with Gasteiger partial charge in [0.2, 0.25) is 0 Å². The molecule has 0 unspecified atom stereocenters. The lowest BCUT2D eigenvalue weighted by molar-refractivity contribution is 0.238. The Hall–Kier alpha value is -1.04. The Morgan fingerprint density at radius 2 is 2.08 bits per heavy atom. The van der Waals surface area contributed by atoms with Crippen LogP contribution in [0.15, 0.2) is 0 Å². The first-order valence-electron chi connectivity index (χ1n) is 4.17. The van der Waals surface area contributed by atoms with Crippen molar-refractivity contribution in [3.05, 3.63) is 0 Å². The average molecular weight is 202 g/mol.